The molecule has 0 spiro atoms. The van der Waals surface area contributed by atoms with Gasteiger partial charge in [-0.05, 0) is 73.0 Å². The molecule has 2 aliphatic rings. The number of β-amino-alcohol motifs (C(OH)–C–C–N with tert-alkyl or cyclic N) is 1. The number of aliphatic hydroxyl groups is 2. The number of fused-ring (bicyclic) bond motifs is 1. The number of aromatic nitrogens is 1. The Bertz CT molecular complexity index is 2220. The Balaban J connectivity index is 1.07. The zero-order valence-electron chi connectivity index (χ0n) is 32.2. The van der Waals surface area contributed by atoms with E-state index in [2.05, 4.69) is 10.3 Å². The molecule has 5 atom stereocenters. The van der Waals surface area contributed by atoms with E-state index in [0.717, 1.165) is 26.4 Å². The number of aryl methyl sites for hydroxylation is 1. The Morgan fingerprint density at radius 3 is 2.63 bits per heavy atom. The summed E-state index contributed by atoms with van der Waals surface area (Å²) in [7, 11) is 0. The van der Waals surface area contributed by atoms with Crippen LogP contribution in [0.25, 0.3) is 21.8 Å². The lowest BCUT2D eigenvalue weighted by atomic mass is 9.92. The van der Waals surface area contributed by atoms with Gasteiger partial charge in [0.25, 0.3) is 0 Å². The second-order valence-corrected chi connectivity index (χ2v) is 16.6. The van der Waals surface area contributed by atoms with Crippen LogP contribution in [0.3, 0.4) is 0 Å². The van der Waals surface area contributed by atoms with Crippen molar-refractivity contribution in [1.29, 1.82) is 0 Å². The maximum atomic E-state index is 14.2. The van der Waals surface area contributed by atoms with E-state index in [-0.39, 0.29) is 39.1 Å². The number of amides is 2. The molecule has 11 nitrogen and oxygen atoms in total. The smallest absolute Gasteiger partial charge is 0.405 e. The summed E-state index contributed by atoms with van der Waals surface area (Å²) in [4.78, 5) is 37.6. The minimum Gasteiger partial charge on any atom is -0.490 e. The SMILES string of the molecule is Cc1ccncc1-c1ccc(C[C@H](C[C@H](O)CN2CCN(Cc3ccc(-c4ccc(Cl)cc4)s3)C[C@H]2C(=O)NCC(F)(F)F)C(=O)N[C@H]2c3ccccc3OC[C@H]2O)o1. The maximum absolute atomic E-state index is 14.2. The van der Waals surface area contributed by atoms with E-state index in [0.29, 0.717) is 40.9 Å². The number of benzene rings is 2. The topological polar surface area (TPSA) is 140 Å². The number of furan rings is 1. The number of carbonyl (C=O) groups excluding carboxylic acids is 2. The second-order valence-electron chi connectivity index (χ2n) is 15.0. The summed E-state index contributed by atoms with van der Waals surface area (Å²) in [6.45, 7) is 1.70. The number of ether oxygens (including phenoxy) is 1. The van der Waals surface area contributed by atoms with Gasteiger partial charge in [0, 0.05) is 83.4 Å². The average molecular weight is 852 g/mol. The van der Waals surface area contributed by atoms with Crippen molar-refractivity contribution in [3.8, 4) is 27.5 Å². The Morgan fingerprint density at radius 2 is 1.85 bits per heavy atom. The molecule has 0 saturated carbocycles. The summed E-state index contributed by atoms with van der Waals surface area (Å²) in [5.74, 6) is -0.533. The molecule has 7 rings (SSSR count). The van der Waals surface area contributed by atoms with Crippen molar-refractivity contribution in [3.05, 3.63) is 118 Å². The Morgan fingerprint density at radius 1 is 1.05 bits per heavy atom. The van der Waals surface area contributed by atoms with Crippen LogP contribution in [0.2, 0.25) is 5.02 Å². The molecule has 5 heterocycles. The first-order valence-electron chi connectivity index (χ1n) is 19.3. The molecule has 2 amide bonds. The third-order valence-electron chi connectivity index (χ3n) is 10.6. The molecule has 1 fully saturated rings. The summed E-state index contributed by atoms with van der Waals surface area (Å²) in [6, 6.07) is 22.2. The molecule has 0 radical (unpaired) electrons. The molecule has 3 aromatic heterocycles. The number of rotatable bonds is 14. The molecular formula is C43H45ClF3N5O6S. The molecule has 4 N–H and O–H groups in total. The highest BCUT2D eigenvalue weighted by Crippen LogP contribution is 2.34. The fourth-order valence-electron chi connectivity index (χ4n) is 7.59. The van der Waals surface area contributed by atoms with Crippen LogP contribution in [-0.2, 0) is 22.6 Å². The minimum atomic E-state index is -4.61. The summed E-state index contributed by atoms with van der Waals surface area (Å²) < 4.78 is 51.6. The molecular weight excluding hydrogens is 807 g/mol. The number of aliphatic hydroxyl groups excluding tert-OH is 2. The standard InChI is InChI=1S/C43H45ClF3N5O6S/c1-26-14-15-48-20-34(26)38-12-10-31(58-38)19-28(41(55)50-40-33-4-2-3-5-37(33)57-24-36(40)54)18-30(53)21-52-17-16-51(23-35(52)42(56)49-25-43(45,46)47)22-32-11-13-39(59-32)27-6-8-29(44)9-7-27/h2-15,20,28,30,35-36,40,53-54H,16-19,21-25H2,1H3,(H,49,56)(H,50,55)/t28-,30-,35-,36+,40-/m0/s1. The lowest BCUT2D eigenvalue weighted by molar-refractivity contribution is -0.143. The van der Waals surface area contributed by atoms with Gasteiger partial charge in [0.05, 0.1) is 12.1 Å². The number of alkyl halides is 3. The molecule has 2 aromatic carbocycles. The number of thiophene rings is 1. The van der Waals surface area contributed by atoms with E-state index >= 15 is 0 Å². The van der Waals surface area contributed by atoms with Gasteiger partial charge < -0.3 is 30.0 Å². The number of hydrogen-bond acceptors (Lipinski definition) is 10. The van der Waals surface area contributed by atoms with E-state index in [1.165, 1.54) is 0 Å². The zero-order chi connectivity index (χ0) is 41.7. The van der Waals surface area contributed by atoms with Crippen molar-refractivity contribution in [1.82, 2.24) is 25.4 Å². The van der Waals surface area contributed by atoms with E-state index in [9.17, 15) is 33.0 Å². The van der Waals surface area contributed by atoms with Crippen LogP contribution in [0.4, 0.5) is 13.2 Å². The lowest BCUT2D eigenvalue weighted by Gasteiger charge is -2.41. The Hall–Kier alpha value is -4.77. The summed E-state index contributed by atoms with van der Waals surface area (Å²) in [5.41, 5.74) is 3.35. The van der Waals surface area contributed by atoms with E-state index in [1.807, 2.05) is 59.6 Å². The van der Waals surface area contributed by atoms with Gasteiger partial charge in [0.1, 0.15) is 42.6 Å². The van der Waals surface area contributed by atoms with Crippen molar-refractivity contribution in [2.45, 2.75) is 56.8 Å². The summed E-state index contributed by atoms with van der Waals surface area (Å²) in [6.07, 6.45) is -3.43. The molecule has 0 bridgehead atoms. The number of carbonyl (C=O) groups is 2. The van der Waals surface area contributed by atoms with Gasteiger partial charge >= 0.3 is 6.18 Å². The summed E-state index contributed by atoms with van der Waals surface area (Å²) in [5, 5.41) is 28.2. The van der Waals surface area contributed by atoms with Crippen molar-refractivity contribution < 1.29 is 42.1 Å². The fraction of sp³-hybridized carbons (Fsp3) is 0.372. The third-order valence-corrected chi connectivity index (χ3v) is 12.0. The van der Waals surface area contributed by atoms with Gasteiger partial charge in [0.2, 0.25) is 11.8 Å². The van der Waals surface area contributed by atoms with Crippen molar-refractivity contribution in [3.63, 3.8) is 0 Å². The first-order chi connectivity index (χ1) is 28.3. The van der Waals surface area contributed by atoms with Crippen molar-refractivity contribution >= 4 is 34.8 Å². The maximum Gasteiger partial charge on any atom is 0.405 e. The number of halogens is 4. The molecule has 1 saturated heterocycles. The second kappa shape index (κ2) is 18.7. The Kier molecular flexibility index (Phi) is 13.4. The number of nitrogens with zero attached hydrogens (tertiary/aromatic N) is 3. The van der Waals surface area contributed by atoms with Crippen LogP contribution in [0.5, 0.6) is 5.75 Å². The zero-order valence-corrected chi connectivity index (χ0v) is 33.8. The van der Waals surface area contributed by atoms with Crippen LogP contribution < -0.4 is 15.4 Å². The molecule has 0 aliphatic carbocycles. The monoisotopic (exact) mass is 851 g/mol. The third kappa shape index (κ3) is 10.9. The van der Waals surface area contributed by atoms with Crippen LogP contribution in [0.1, 0.15) is 34.2 Å². The minimum absolute atomic E-state index is 0.0268. The van der Waals surface area contributed by atoms with Crippen LogP contribution in [0, 0.1) is 12.8 Å². The van der Waals surface area contributed by atoms with Crippen molar-refractivity contribution in [2.75, 3.05) is 39.3 Å². The van der Waals surface area contributed by atoms with Gasteiger partial charge in [-0.2, -0.15) is 13.2 Å². The fourth-order valence-corrected chi connectivity index (χ4v) is 8.77. The number of pyridine rings is 1. The number of nitrogens with one attached hydrogen (secondary N) is 2. The van der Waals surface area contributed by atoms with Gasteiger partial charge in [-0.25, -0.2) is 0 Å². The molecule has 59 heavy (non-hydrogen) atoms. The Labute approximate surface area is 348 Å². The highest BCUT2D eigenvalue weighted by Gasteiger charge is 2.38. The first kappa shape index (κ1) is 42.4. The van der Waals surface area contributed by atoms with Crippen LogP contribution in [0.15, 0.2) is 95.7 Å². The summed E-state index contributed by atoms with van der Waals surface area (Å²) >= 11 is 7.64. The first-order valence-corrected chi connectivity index (χ1v) is 20.5. The highest BCUT2D eigenvalue weighted by molar-refractivity contribution is 7.15. The number of para-hydroxylation sites is 1. The quantitative estimate of drug-likeness (QED) is 0.0998. The van der Waals surface area contributed by atoms with Gasteiger partial charge in [-0.15, -0.1) is 11.3 Å². The lowest BCUT2D eigenvalue weighted by Crippen LogP contribution is -2.60. The highest BCUT2D eigenvalue weighted by atomic mass is 35.5. The van der Waals surface area contributed by atoms with Crippen LogP contribution >= 0.6 is 22.9 Å². The van der Waals surface area contributed by atoms with Crippen molar-refractivity contribution in [2.24, 2.45) is 5.92 Å². The van der Waals surface area contributed by atoms with E-state index in [4.69, 9.17) is 20.8 Å². The van der Waals surface area contributed by atoms with Gasteiger partial charge in [0.15, 0.2) is 0 Å². The van der Waals surface area contributed by atoms with Crippen LogP contribution in [-0.4, -0.2) is 101 Å². The predicted octanol–water partition coefficient (Wildman–Crippen LogP) is 6.42. The molecule has 16 heteroatoms. The molecule has 2 aliphatic heterocycles. The van der Waals surface area contributed by atoms with E-state index in [1.54, 1.807) is 65.0 Å². The van der Waals surface area contributed by atoms with Gasteiger partial charge in [-0.3, -0.25) is 24.4 Å². The van der Waals surface area contributed by atoms with E-state index < -0.39 is 54.7 Å². The normalized spacial score (nSPS) is 19.7. The largest absolute Gasteiger partial charge is 0.490 e. The van der Waals surface area contributed by atoms with Gasteiger partial charge in [-0.1, -0.05) is 41.9 Å². The predicted molar refractivity (Wildman–Crippen MR) is 218 cm³/mol. The molecule has 0 unspecified atom stereocenters. The molecule has 312 valence electrons. The average Bonchev–Trinajstić information content (AvgIpc) is 3.88. The molecule has 5 aromatic rings. The number of hydrogen-bond donors (Lipinski definition) is 4. The number of piperazine rings is 1.